The van der Waals surface area contributed by atoms with Crippen molar-refractivity contribution >= 4 is 24.2 Å². The maximum absolute atomic E-state index is 11.6. The standard InChI is InChI=1S/C16H26N4O2/c21-15(19-17-11-13-7-3-1-4-8-13)16(22)20-18-12-14-9-5-2-6-10-14/h11-14H,1-10H2,(H,19,21)(H,20,22). The van der Waals surface area contributed by atoms with Gasteiger partial charge in [-0.25, -0.2) is 10.9 Å². The van der Waals surface area contributed by atoms with Crippen molar-refractivity contribution in [1.29, 1.82) is 0 Å². The third-order valence-electron chi connectivity index (χ3n) is 4.41. The molecule has 2 rings (SSSR count). The van der Waals surface area contributed by atoms with E-state index in [2.05, 4.69) is 21.1 Å². The normalized spacial score (nSPS) is 21.3. The Balaban J connectivity index is 1.64. The Morgan fingerprint density at radius 2 is 1.05 bits per heavy atom. The summed E-state index contributed by atoms with van der Waals surface area (Å²) >= 11 is 0. The first-order valence-electron chi connectivity index (χ1n) is 8.42. The summed E-state index contributed by atoms with van der Waals surface area (Å²) in [6.45, 7) is 0. The van der Waals surface area contributed by atoms with Crippen molar-refractivity contribution in [1.82, 2.24) is 10.9 Å². The Morgan fingerprint density at radius 3 is 1.41 bits per heavy atom. The van der Waals surface area contributed by atoms with Crippen LogP contribution in [0.25, 0.3) is 0 Å². The molecule has 122 valence electrons. The molecule has 0 aliphatic heterocycles. The van der Waals surface area contributed by atoms with Gasteiger partial charge in [-0.1, -0.05) is 38.5 Å². The number of hydrogen-bond acceptors (Lipinski definition) is 4. The van der Waals surface area contributed by atoms with Crippen molar-refractivity contribution in [2.45, 2.75) is 64.2 Å². The molecule has 0 atom stereocenters. The van der Waals surface area contributed by atoms with Crippen molar-refractivity contribution in [2.24, 2.45) is 22.0 Å². The summed E-state index contributed by atoms with van der Waals surface area (Å²) in [7, 11) is 0. The van der Waals surface area contributed by atoms with Crippen LogP contribution in [0.4, 0.5) is 0 Å². The second-order valence-electron chi connectivity index (χ2n) is 6.23. The van der Waals surface area contributed by atoms with Crippen LogP contribution in [0.5, 0.6) is 0 Å². The summed E-state index contributed by atoms with van der Waals surface area (Å²) < 4.78 is 0. The lowest BCUT2D eigenvalue weighted by atomic mass is 9.90. The maximum Gasteiger partial charge on any atom is 0.331 e. The van der Waals surface area contributed by atoms with Gasteiger partial charge in [-0.05, 0) is 37.5 Å². The minimum absolute atomic E-state index is 0.418. The van der Waals surface area contributed by atoms with Crippen molar-refractivity contribution in [3.63, 3.8) is 0 Å². The van der Waals surface area contributed by atoms with Crippen LogP contribution in [0.3, 0.4) is 0 Å². The van der Waals surface area contributed by atoms with E-state index >= 15 is 0 Å². The number of carbonyl (C=O) groups excluding carboxylic acids is 2. The number of hydrogen-bond donors (Lipinski definition) is 2. The molecule has 2 aliphatic carbocycles. The highest BCUT2D eigenvalue weighted by atomic mass is 16.2. The van der Waals surface area contributed by atoms with Crippen molar-refractivity contribution in [3.8, 4) is 0 Å². The number of carbonyl (C=O) groups is 2. The minimum atomic E-state index is -0.771. The van der Waals surface area contributed by atoms with Crippen molar-refractivity contribution in [3.05, 3.63) is 0 Å². The van der Waals surface area contributed by atoms with Gasteiger partial charge in [-0.3, -0.25) is 9.59 Å². The molecule has 22 heavy (non-hydrogen) atoms. The fraction of sp³-hybridized carbons (Fsp3) is 0.750. The van der Waals surface area contributed by atoms with Crippen LogP contribution < -0.4 is 10.9 Å². The first-order chi connectivity index (χ1) is 10.8. The second-order valence-corrected chi connectivity index (χ2v) is 6.23. The summed E-state index contributed by atoms with van der Waals surface area (Å²) in [5.41, 5.74) is 4.53. The molecule has 0 aromatic heterocycles. The van der Waals surface area contributed by atoms with E-state index in [0.717, 1.165) is 25.7 Å². The Morgan fingerprint density at radius 1 is 0.682 bits per heavy atom. The predicted molar refractivity (Wildman–Crippen MR) is 86.4 cm³/mol. The van der Waals surface area contributed by atoms with Crippen LogP contribution in [0.15, 0.2) is 10.2 Å². The summed E-state index contributed by atoms with van der Waals surface area (Å²) in [5, 5.41) is 7.75. The molecule has 0 bridgehead atoms. The van der Waals surface area contributed by atoms with Gasteiger partial charge in [0.2, 0.25) is 0 Å². The van der Waals surface area contributed by atoms with Gasteiger partial charge in [0.05, 0.1) is 0 Å². The van der Waals surface area contributed by atoms with Gasteiger partial charge < -0.3 is 0 Å². The number of rotatable bonds is 4. The first kappa shape index (κ1) is 16.6. The highest BCUT2D eigenvalue weighted by molar-refractivity contribution is 6.35. The molecule has 2 saturated carbocycles. The van der Waals surface area contributed by atoms with E-state index in [1.165, 1.54) is 38.5 Å². The van der Waals surface area contributed by atoms with E-state index in [1.54, 1.807) is 12.4 Å². The topological polar surface area (TPSA) is 82.9 Å². The molecule has 0 aromatic rings. The zero-order valence-corrected chi connectivity index (χ0v) is 13.1. The highest BCUT2D eigenvalue weighted by Crippen LogP contribution is 2.22. The average Bonchev–Trinajstić information content (AvgIpc) is 2.56. The average molecular weight is 306 g/mol. The molecule has 2 aliphatic rings. The Labute approximate surface area is 131 Å². The molecule has 6 nitrogen and oxygen atoms in total. The van der Waals surface area contributed by atoms with Crippen LogP contribution in [0.2, 0.25) is 0 Å². The molecule has 0 heterocycles. The van der Waals surface area contributed by atoms with Gasteiger partial charge in [0.1, 0.15) is 0 Å². The largest absolute Gasteiger partial charge is 0.331 e. The van der Waals surface area contributed by atoms with Gasteiger partial charge >= 0.3 is 11.8 Å². The zero-order valence-electron chi connectivity index (χ0n) is 13.1. The lowest BCUT2D eigenvalue weighted by molar-refractivity contribution is -0.139. The molecular formula is C16H26N4O2. The van der Waals surface area contributed by atoms with E-state index < -0.39 is 11.8 Å². The van der Waals surface area contributed by atoms with Crippen LogP contribution in [-0.4, -0.2) is 24.2 Å². The number of nitrogens with one attached hydrogen (secondary N) is 2. The number of hydrazone groups is 2. The van der Waals surface area contributed by atoms with Crippen LogP contribution >= 0.6 is 0 Å². The van der Waals surface area contributed by atoms with Gasteiger partial charge in [-0.15, -0.1) is 0 Å². The van der Waals surface area contributed by atoms with E-state index in [9.17, 15) is 9.59 Å². The fourth-order valence-corrected chi connectivity index (χ4v) is 3.07. The van der Waals surface area contributed by atoms with E-state index in [-0.39, 0.29) is 0 Å². The lowest BCUT2D eigenvalue weighted by Gasteiger charge is -2.16. The monoisotopic (exact) mass is 306 g/mol. The summed E-state index contributed by atoms with van der Waals surface area (Å²) in [6.07, 6.45) is 15.3. The lowest BCUT2D eigenvalue weighted by Crippen LogP contribution is -2.35. The molecule has 0 aromatic carbocycles. The van der Waals surface area contributed by atoms with Crippen molar-refractivity contribution in [2.75, 3.05) is 0 Å². The second kappa shape index (κ2) is 9.33. The van der Waals surface area contributed by atoms with Crippen molar-refractivity contribution < 1.29 is 9.59 Å². The zero-order chi connectivity index (χ0) is 15.6. The molecule has 0 spiro atoms. The molecular weight excluding hydrogens is 280 g/mol. The van der Waals surface area contributed by atoms with Gasteiger partial charge in [0.25, 0.3) is 0 Å². The van der Waals surface area contributed by atoms with Crippen LogP contribution in [0, 0.1) is 11.8 Å². The highest BCUT2D eigenvalue weighted by Gasteiger charge is 2.14. The molecule has 2 amide bonds. The number of nitrogens with zero attached hydrogens (tertiary/aromatic N) is 2. The Kier molecular flexibility index (Phi) is 7.06. The Bertz CT molecular complexity index is 382. The summed E-state index contributed by atoms with van der Waals surface area (Å²) in [5.74, 6) is -0.705. The SMILES string of the molecule is O=C(NN=CC1CCCCC1)C(=O)NN=CC1CCCCC1. The quantitative estimate of drug-likeness (QED) is 0.475. The third-order valence-corrected chi connectivity index (χ3v) is 4.41. The molecule has 2 fully saturated rings. The molecule has 0 unspecified atom stereocenters. The van der Waals surface area contributed by atoms with E-state index in [1.807, 2.05) is 0 Å². The predicted octanol–water partition coefficient (Wildman–Crippen LogP) is 2.35. The third kappa shape index (κ3) is 5.95. The smallest absolute Gasteiger partial charge is 0.262 e. The van der Waals surface area contributed by atoms with Crippen LogP contribution in [-0.2, 0) is 9.59 Å². The molecule has 0 saturated heterocycles. The summed E-state index contributed by atoms with van der Waals surface area (Å²) in [4.78, 5) is 23.1. The minimum Gasteiger partial charge on any atom is -0.262 e. The van der Waals surface area contributed by atoms with Gasteiger partial charge in [-0.2, -0.15) is 10.2 Å². The number of amides is 2. The molecule has 0 radical (unpaired) electrons. The van der Waals surface area contributed by atoms with E-state index in [4.69, 9.17) is 0 Å². The Hall–Kier alpha value is -1.72. The van der Waals surface area contributed by atoms with Crippen LogP contribution in [0.1, 0.15) is 64.2 Å². The van der Waals surface area contributed by atoms with E-state index in [0.29, 0.717) is 11.8 Å². The molecule has 2 N–H and O–H groups in total. The summed E-state index contributed by atoms with van der Waals surface area (Å²) in [6, 6.07) is 0. The van der Waals surface area contributed by atoms with Gasteiger partial charge in [0.15, 0.2) is 0 Å². The molecule has 6 heteroatoms. The van der Waals surface area contributed by atoms with Gasteiger partial charge in [0, 0.05) is 12.4 Å². The first-order valence-corrected chi connectivity index (χ1v) is 8.42. The maximum atomic E-state index is 11.6. The fourth-order valence-electron chi connectivity index (χ4n) is 3.07.